The van der Waals surface area contributed by atoms with Crippen molar-refractivity contribution in [1.29, 1.82) is 0 Å². The van der Waals surface area contributed by atoms with Crippen LogP contribution in [0.5, 0.6) is 5.75 Å². The van der Waals surface area contributed by atoms with Gasteiger partial charge in [0.2, 0.25) is 0 Å². The molecule has 2 N–H and O–H groups in total. The van der Waals surface area contributed by atoms with Crippen LogP contribution in [0.25, 0.3) is 5.65 Å². The molecule has 30 heavy (non-hydrogen) atoms. The van der Waals surface area contributed by atoms with Crippen molar-refractivity contribution < 1.29 is 13.9 Å². The third-order valence-electron chi connectivity index (χ3n) is 5.41. The van der Waals surface area contributed by atoms with Gasteiger partial charge in [-0.1, -0.05) is 0 Å². The number of fused-ring (bicyclic) bond motifs is 1. The summed E-state index contributed by atoms with van der Waals surface area (Å²) >= 11 is 0. The van der Waals surface area contributed by atoms with Crippen LogP contribution < -0.4 is 20.3 Å². The van der Waals surface area contributed by atoms with Gasteiger partial charge in [0.05, 0.1) is 24.1 Å². The molecule has 1 fully saturated rings. The molecule has 1 amide bonds. The van der Waals surface area contributed by atoms with E-state index < -0.39 is 11.7 Å². The fourth-order valence-electron chi connectivity index (χ4n) is 3.74. The summed E-state index contributed by atoms with van der Waals surface area (Å²) in [6.45, 7) is 6.56. The molecule has 1 saturated heterocycles. The van der Waals surface area contributed by atoms with Crippen molar-refractivity contribution >= 4 is 22.9 Å². The average Bonchev–Trinajstić information content (AvgIpc) is 2.95. The van der Waals surface area contributed by atoms with E-state index in [-0.39, 0.29) is 5.69 Å². The number of nitrogens with zero attached hydrogens (tertiary/aromatic N) is 3. The Hall–Kier alpha value is -3.13. The predicted molar refractivity (Wildman–Crippen MR) is 115 cm³/mol. The summed E-state index contributed by atoms with van der Waals surface area (Å²) in [5.74, 6) is -0.530. The first-order valence-corrected chi connectivity index (χ1v) is 10.1. The molecule has 1 aromatic carbocycles. The van der Waals surface area contributed by atoms with Crippen LogP contribution in [0.1, 0.15) is 29.4 Å². The number of rotatable bonds is 4. The van der Waals surface area contributed by atoms with Crippen LogP contribution in [0.15, 0.2) is 36.7 Å². The van der Waals surface area contributed by atoms with Crippen LogP contribution in [-0.4, -0.2) is 48.1 Å². The van der Waals surface area contributed by atoms with Gasteiger partial charge in [-0.2, -0.15) is 0 Å². The van der Waals surface area contributed by atoms with Crippen molar-refractivity contribution in [1.82, 2.24) is 14.7 Å². The van der Waals surface area contributed by atoms with Crippen molar-refractivity contribution in [2.24, 2.45) is 0 Å². The molecule has 4 rings (SSSR count). The number of hydrogen-bond donors (Lipinski definition) is 2. The van der Waals surface area contributed by atoms with Gasteiger partial charge in [-0.3, -0.25) is 4.79 Å². The quantitative estimate of drug-likeness (QED) is 0.690. The molecule has 2 aromatic heterocycles. The molecule has 1 atom stereocenters. The highest BCUT2D eigenvalue weighted by atomic mass is 19.1. The number of halogens is 1. The smallest absolute Gasteiger partial charge is 0.261 e. The van der Waals surface area contributed by atoms with Gasteiger partial charge in [-0.15, -0.1) is 0 Å². The van der Waals surface area contributed by atoms with E-state index in [1.807, 2.05) is 19.2 Å². The topological polar surface area (TPSA) is 70.9 Å². The first-order chi connectivity index (χ1) is 14.4. The minimum absolute atomic E-state index is 0.133. The van der Waals surface area contributed by atoms with Crippen molar-refractivity contribution in [3.63, 3.8) is 0 Å². The van der Waals surface area contributed by atoms with Gasteiger partial charge in [-0.05, 0) is 38.5 Å². The fourth-order valence-corrected chi connectivity index (χ4v) is 3.74. The number of nitrogens with one attached hydrogen (secondary N) is 2. The number of ether oxygens (including phenoxy) is 1. The Morgan fingerprint density at radius 1 is 1.30 bits per heavy atom. The summed E-state index contributed by atoms with van der Waals surface area (Å²) in [5.41, 5.74) is 2.76. The highest BCUT2D eigenvalue weighted by Crippen LogP contribution is 2.26. The maximum Gasteiger partial charge on any atom is 0.261 e. The minimum atomic E-state index is -0.468. The molecule has 0 aliphatic carbocycles. The number of benzene rings is 1. The van der Waals surface area contributed by atoms with Gasteiger partial charge in [0.15, 0.2) is 0 Å². The summed E-state index contributed by atoms with van der Waals surface area (Å²) in [7, 11) is 1.49. The molecule has 0 radical (unpaired) electrons. The molecule has 0 spiro atoms. The van der Waals surface area contributed by atoms with Crippen LogP contribution in [-0.2, 0) is 0 Å². The summed E-state index contributed by atoms with van der Waals surface area (Å²) < 4.78 is 21.9. The number of imidazole rings is 1. The number of aromatic nitrogens is 2. The monoisotopic (exact) mass is 411 g/mol. The highest BCUT2D eigenvalue weighted by molar-refractivity contribution is 6.06. The lowest BCUT2D eigenvalue weighted by atomic mass is 10.2. The molecule has 3 heterocycles. The second kappa shape index (κ2) is 8.31. The van der Waals surface area contributed by atoms with E-state index in [4.69, 9.17) is 4.74 Å². The zero-order valence-electron chi connectivity index (χ0n) is 17.4. The van der Waals surface area contributed by atoms with E-state index in [0.29, 0.717) is 23.0 Å². The summed E-state index contributed by atoms with van der Waals surface area (Å²) in [6, 6.07) is 7.07. The second-order valence-electron chi connectivity index (χ2n) is 7.65. The Bertz CT molecular complexity index is 1080. The van der Waals surface area contributed by atoms with Crippen LogP contribution in [0.4, 0.5) is 15.8 Å². The van der Waals surface area contributed by atoms with Crippen molar-refractivity contribution in [3.8, 4) is 5.75 Å². The molecule has 0 saturated carbocycles. The summed E-state index contributed by atoms with van der Waals surface area (Å²) in [6.07, 6.45) is 4.45. The maximum atomic E-state index is 14.8. The molecule has 1 aliphatic rings. The van der Waals surface area contributed by atoms with Crippen molar-refractivity contribution in [2.75, 3.05) is 37.0 Å². The SMILES string of the molecule is COc1cc2nc(C)cn2cc1C(=O)Nc1ccc(N2CCNC(C)CC2)cc1F. The third kappa shape index (κ3) is 4.09. The van der Waals surface area contributed by atoms with E-state index in [1.165, 1.54) is 13.2 Å². The van der Waals surface area contributed by atoms with Gasteiger partial charge >= 0.3 is 0 Å². The number of carbonyl (C=O) groups excluding carboxylic acids is 1. The summed E-state index contributed by atoms with van der Waals surface area (Å²) in [5, 5.41) is 6.09. The third-order valence-corrected chi connectivity index (χ3v) is 5.41. The van der Waals surface area contributed by atoms with E-state index in [9.17, 15) is 9.18 Å². The molecular weight excluding hydrogens is 385 g/mol. The Morgan fingerprint density at radius 3 is 2.90 bits per heavy atom. The molecule has 7 nitrogen and oxygen atoms in total. The lowest BCUT2D eigenvalue weighted by molar-refractivity contribution is 0.102. The largest absolute Gasteiger partial charge is 0.496 e. The molecule has 3 aromatic rings. The molecule has 158 valence electrons. The lowest BCUT2D eigenvalue weighted by Gasteiger charge is -2.23. The Labute approximate surface area is 174 Å². The van der Waals surface area contributed by atoms with Gasteiger partial charge < -0.3 is 24.7 Å². The van der Waals surface area contributed by atoms with Crippen molar-refractivity contribution in [2.45, 2.75) is 26.3 Å². The van der Waals surface area contributed by atoms with Crippen molar-refractivity contribution in [3.05, 3.63) is 53.7 Å². The Morgan fingerprint density at radius 2 is 2.13 bits per heavy atom. The molecular formula is C22H26FN5O2. The fraction of sp³-hybridized carbons (Fsp3) is 0.364. The van der Waals surface area contributed by atoms with E-state index >= 15 is 0 Å². The van der Waals surface area contributed by atoms with Gasteiger partial charge in [0.25, 0.3) is 5.91 Å². The van der Waals surface area contributed by atoms with Crippen LogP contribution >= 0.6 is 0 Å². The Balaban J connectivity index is 1.55. The van der Waals surface area contributed by atoms with E-state index in [0.717, 1.165) is 37.4 Å². The molecule has 0 bridgehead atoms. The number of aryl methyl sites for hydroxylation is 1. The number of anilines is 2. The molecule has 1 unspecified atom stereocenters. The second-order valence-corrected chi connectivity index (χ2v) is 7.65. The minimum Gasteiger partial charge on any atom is -0.496 e. The van der Waals surface area contributed by atoms with Crippen LogP contribution in [0.2, 0.25) is 0 Å². The van der Waals surface area contributed by atoms with E-state index in [1.54, 1.807) is 22.7 Å². The predicted octanol–water partition coefficient (Wildman–Crippen LogP) is 3.23. The number of methoxy groups -OCH3 is 1. The molecule has 1 aliphatic heterocycles. The standard InChI is InChI=1S/C22H26FN5O2/c1-14-6-8-27(9-7-24-14)16-4-5-19(18(23)10-16)26-22(29)17-13-28-12-15(2)25-21(28)11-20(17)30-3/h4-5,10-14,24H,6-9H2,1-3H3,(H,26,29). The summed E-state index contributed by atoms with van der Waals surface area (Å²) in [4.78, 5) is 19.4. The lowest BCUT2D eigenvalue weighted by Crippen LogP contribution is -2.29. The number of carbonyl (C=O) groups is 1. The highest BCUT2D eigenvalue weighted by Gasteiger charge is 2.18. The number of amides is 1. The van der Waals surface area contributed by atoms with Crippen LogP contribution in [0, 0.1) is 12.7 Å². The van der Waals surface area contributed by atoms with Gasteiger partial charge in [0, 0.05) is 49.8 Å². The van der Waals surface area contributed by atoms with E-state index in [2.05, 4.69) is 27.4 Å². The zero-order valence-corrected chi connectivity index (χ0v) is 17.4. The van der Waals surface area contributed by atoms with Crippen LogP contribution in [0.3, 0.4) is 0 Å². The average molecular weight is 411 g/mol. The number of pyridine rings is 1. The Kier molecular flexibility index (Phi) is 5.59. The molecule has 8 heteroatoms. The first kappa shape index (κ1) is 20.2. The number of hydrogen-bond acceptors (Lipinski definition) is 5. The zero-order chi connectivity index (χ0) is 21.3. The normalized spacial score (nSPS) is 17.1. The van der Waals surface area contributed by atoms with Gasteiger partial charge in [0.1, 0.15) is 17.2 Å². The first-order valence-electron chi connectivity index (χ1n) is 10.1. The van der Waals surface area contributed by atoms with Gasteiger partial charge in [-0.25, -0.2) is 9.37 Å². The maximum absolute atomic E-state index is 14.8.